The molecule has 0 saturated heterocycles. The van der Waals surface area contributed by atoms with Crippen molar-refractivity contribution in [2.45, 2.75) is 0 Å². The van der Waals surface area contributed by atoms with Gasteiger partial charge in [-0.3, -0.25) is 9.78 Å². The van der Waals surface area contributed by atoms with E-state index in [0.717, 1.165) is 5.69 Å². The number of anilines is 3. The summed E-state index contributed by atoms with van der Waals surface area (Å²) in [4.78, 5) is 16.5. The highest BCUT2D eigenvalue weighted by atomic mass is 16.1. The van der Waals surface area contributed by atoms with Gasteiger partial charge >= 0.3 is 0 Å². The van der Waals surface area contributed by atoms with Gasteiger partial charge in [0.15, 0.2) is 0 Å². The van der Waals surface area contributed by atoms with E-state index in [1.165, 1.54) is 6.20 Å². The van der Waals surface area contributed by atoms with Crippen LogP contribution in [0.4, 0.5) is 17.1 Å². The van der Waals surface area contributed by atoms with E-state index in [4.69, 9.17) is 10.5 Å². The van der Waals surface area contributed by atoms with E-state index < -0.39 is 0 Å². The summed E-state index contributed by atoms with van der Waals surface area (Å²) in [5, 5.41) is 23.7. The van der Waals surface area contributed by atoms with Gasteiger partial charge in [0.05, 0.1) is 40.7 Å². The van der Waals surface area contributed by atoms with E-state index in [1.807, 2.05) is 12.1 Å². The van der Waals surface area contributed by atoms with Crippen LogP contribution in [0, 0.1) is 22.7 Å². The van der Waals surface area contributed by atoms with E-state index in [9.17, 15) is 4.79 Å². The van der Waals surface area contributed by atoms with Crippen molar-refractivity contribution >= 4 is 23.0 Å². The molecule has 1 amide bonds. The predicted molar refractivity (Wildman–Crippen MR) is 97.8 cm³/mol. The molecule has 6 nitrogen and oxygen atoms in total. The Morgan fingerprint density at radius 3 is 2.19 bits per heavy atom. The average Bonchev–Trinajstić information content (AvgIpc) is 2.68. The van der Waals surface area contributed by atoms with Gasteiger partial charge in [0, 0.05) is 17.6 Å². The molecule has 2 aromatic carbocycles. The number of carbonyl (C=O) groups is 1. The molecule has 0 radical (unpaired) electrons. The molecule has 0 fully saturated rings. The maximum absolute atomic E-state index is 12.4. The summed E-state index contributed by atoms with van der Waals surface area (Å²) in [6.45, 7) is 0. The third-order valence-electron chi connectivity index (χ3n) is 3.53. The smallest absolute Gasteiger partial charge is 0.257 e. The van der Waals surface area contributed by atoms with Gasteiger partial charge in [-0.25, -0.2) is 0 Å². The van der Waals surface area contributed by atoms with E-state index in [1.54, 1.807) is 54.7 Å². The normalized spacial score (nSPS) is 9.62. The van der Waals surface area contributed by atoms with Crippen molar-refractivity contribution in [3.63, 3.8) is 0 Å². The quantitative estimate of drug-likeness (QED) is 0.752. The Balaban J connectivity index is 1.77. The van der Waals surface area contributed by atoms with Gasteiger partial charge in [-0.2, -0.15) is 10.5 Å². The fraction of sp³-hybridized carbons (Fsp3) is 0. The van der Waals surface area contributed by atoms with E-state index in [2.05, 4.69) is 21.7 Å². The van der Waals surface area contributed by atoms with Crippen LogP contribution in [0.2, 0.25) is 0 Å². The molecule has 0 bridgehead atoms. The van der Waals surface area contributed by atoms with Crippen molar-refractivity contribution in [2.24, 2.45) is 0 Å². The summed E-state index contributed by atoms with van der Waals surface area (Å²) in [5.74, 6) is -0.331. The summed E-state index contributed by atoms with van der Waals surface area (Å²) >= 11 is 0. The molecular formula is C20H13N5O. The zero-order chi connectivity index (χ0) is 18.4. The lowest BCUT2D eigenvalue weighted by atomic mass is 10.2. The first-order chi connectivity index (χ1) is 12.7. The molecule has 1 aromatic heterocycles. The van der Waals surface area contributed by atoms with E-state index in [0.29, 0.717) is 28.1 Å². The van der Waals surface area contributed by atoms with Crippen LogP contribution in [0.3, 0.4) is 0 Å². The number of benzene rings is 2. The van der Waals surface area contributed by atoms with Crippen LogP contribution in [-0.4, -0.2) is 10.9 Å². The third-order valence-corrected chi connectivity index (χ3v) is 3.53. The minimum atomic E-state index is -0.331. The number of nitrogens with one attached hydrogen (secondary N) is 2. The number of nitriles is 2. The standard InChI is InChI=1S/C20H13N5O/c21-10-14-3-1-5-17(7-14)24-19-9-16(12-23-13-19)20(26)25-18-6-2-4-15(8-18)11-22/h1-9,12-13,24H,(H,25,26). The Morgan fingerprint density at radius 1 is 0.846 bits per heavy atom. The number of hydrogen-bond donors (Lipinski definition) is 2. The summed E-state index contributed by atoms with van der Waals surface area (Å²) in [6, 6.07) is 19.5. The molecule has 2 N–H and O–H groups in total. The Hall–Kier alpha value is -4.16. The number of aromatic nitrogens is 1. The van der Waals surface area contributed by atoms with Crippen molar-refractivity contribution in [3.8, 4) is 12.1 Å². The summed E-state index contributed by atoms with van der Waals surface area (Å²) in [7, 11) is 0. The second-order valence-corrected chi connectivity index (χ2v) is 5.43. The first-order valence-corrected chi connectivity index (χ1v) is 7.72. The fourth-order valence-corrected chi connectivity index (χ4v) is 2.34. The molecule has 1 heterocycles. The van der Waals surface area contributed by atoms with E-state index in [-0.39, 0.29) is 5.91 Å². The Bertz CT molecular complexity index is 1050. The Labute approximate surface area is 150 Å². The van der Waals surface area contributed by atoms with Crippen molar-refractivity contribution in [2.75, 3.05) is 10.6 Å². The molecule has 0 aliphatic rings. The van der Waals surface area contributed by atoms with Crippen LogP contribution in [0.15, 0.2) is 67.0 Å². The zero-order valence-corrected chi connectivity index (χ0v) is 13.6. The largest absolute Gasteiger partial charge is 0.354 e. The van der Waals surface area contributed by atoms with Gasteiger partial charge in [-0.15, -0.1) is 0 Å². The SMILES string of the molecule is N#Cc1cccc(NC(=O)c2cncc(Nc3cccc(C#N)c3)c2)c1. The number of amides is 1. The molecule has 26 heavy (non-hydrogen) atoms. The molecule has 0 saturated carbocycles. The molecule has 3 aromatic rings. The first kappa shape index (κ1) is 16.7. The van der Waals surface area contributed by atoms with Crippen LogP contribution < -0.4 is 10.6 Å². The topological polar surface area (TPSA) is 102 Å². The van der Waals surface area contributed by atoms with Crippen molar-refractivity contribution in [3.05, 3.63) is 83.7 Å². The number of rotatable bonds is 4. The number of nitrogens with zero attached hydrogens (tertiary/aromatic N) is 3. The minimum absolute atomic E-state index is 0.331. The van der Waals surface area contributed by atoms with Gasteiger partial charge in [0.25, 0.3) is 5.91 Å². The highest BCUT2D eigenvalue weighted by Crippen LogP contribution is 2.19. The Kier molecular flexibility index (Phi) is 4.88. The molecule has 0 aliphatic carbocycles. The number of pyridine rings is 1. The maximum atomic E-state index is 12.4. The third kappa shape index (κ3) is 4.02. The second-order valence-electron chi connectivity index (χ2n) is 5.43. The van der Waals surface area contributed by atoms with E-state index >= 15 is 0 Å². The molecule has 0 atom stereocenters. The number of carbonyl (C=O) groups excluding carboxylic acids is 1. The minimum Gasteiger partial charge on any atom is -0.354 e. The van der Waals surface area contributed by atoms with Crippen molar-refractivity contribution < 1.29 is 4.79 Å². The lowest BCUT2D eigenvalue weighted by molar-refractivity contribution is 0.102. The molecule has 3 rings (SSSR count). The zero-order valence-electron chi connectivity index (χ0n) is 13.6. The number of hydrogen-bond acceptors (Lipinski definition) is 5. The van der Waals surface area contributed by atoms with Crippen LogP contribution >= 0.6 is 0 Å². The molecule has 124 valence electrons. The summed E-state index contributed by atoms with van der Waals surface area (Å²) in [6.07, 6.45) is 3.05. The van der Waals surface area contributed by atoms with Crippen LogP contribution in [0.25, 0.3) is 0 Å². The molecule has 0 aliphatic heterocycles. The van der Waals surface area contributed by atoms with Crippen LogP contribution in [0.1, 0.15) is 21.5 Å². The predicted octanol–water partition coefficient (Wildman–Crippen LogP) is 3.82. The van der Waals surface area contributed by atoms with Crippen molar-refractivity contribution in [1.82, 2.24) is 4.98 Å². The van der Waals surface area contributed by atoms with Gasteiger partial charge in [-0.05, 0) is 42.5 Å². The van der Waals surface area contributed by atoms with Crippen LogP contribution in [0.5, 0.6) is 0 Å². The highest BCUT2D eigenvalue weighted by molar-refractivity contribution is 6.04. The second kappa shape index (κ2) is 7.61. The lowest BCUT2D eigenvalue weighted by Gasteiger charge is -2.09. The van der Waals surface area contributed by atoms with Crippen molar-refractivity contribution in [1.29, 1.82) is 10.5 Å². The van der Waals surface area contributed by atoms with Gasteiger partial charge in [0.2, 0.25) is 0 Å². The first-order valence-electron chi connectivity index (χ1n) is 7.72. The molecule has 6 heteroatoms. The monoisotopic (exact) mass is 339 g/mol. The fourth-order valence-electron chi connectivity index (χ4n) is 2.34. The summed E-state index contributed by atoms with van der Waals surface area (Å²) in [5.41, 5.74) is 3.26. The highest BCUT2D eigenvalue weighted by Gasteiger charge is 2.08. The average molecular weight is 339 g/mol. The van der Waals surface area contributed by atoms with Gasteiger partial charge in [-0.1, -0.05) is 12.1 Å². The van der Waals surface area contributed by atoms with Gasteiger partial charge in [0.1, 0.15) is 0 Å². The molecule has 0 spiro atoms. The lowest BCUT2D eigenvalue weighted by Crippen LogP contribution is -2.12. The molecular weight excluding hydrogens is 326 g/mol. The Morgan fingerprint density at radius 2 is 1.50 bits per heavy atom. The molecule has 0 unspecified atom stereocenters. The summed E-state index contributed by atoms with van der Waals surface area (Å²) < 4.78 is 0. The maximum Gasteiger partial charge on any atom is 0.257 e. The van der Waals surface area contributed by atoms with Crippen LogP contribution in [-0.2, 0) is 0 Å². The van der Waals surface area contributed by atoms with Gasteiger partial charge < -0.3 is 10.6 Å².